The second-order valence-electron chi connectivity index (χ2n) is 4.12. The van der Waals surface area contributed by atoms with Crippen LogP contribution in [0.1, 0.15) is 5.89 Å². The fraction of sp³-hybridized carbons (Fsp3) is 0.0769. The van der Waals surface area contributed by atoms with E-state index in [1.165, 1.54) is 11.8 Å². The lowest BCUT2D eigenvalue weighted by Gasteiger charge is -1.90. The molecule has 8 nitrogen and oxygen atoms in total. The Morgan fingerprint density at radius 1 is 0.818 bits per heavy atom. The molecule has 4 heterocycles. The van der Waals surface area contributed by atoms with Crippen molar-refractivity contribution in [1.82, 2.24) is 20.4 Å². The van der Waals surface area contributed by atoms with E-state index in [-0.39, 0.29) is 0 Å². The zero-order chi connectivity index (χ0) is 14.8. The molecule has 0 aliphatic heterocycles. The SMILES string of the molecule is c1coc(-c2nnc(CSc3nnc(-c4ccco4)o3)o2)c1. The van der Waals surface area contributed by atoms with Gasteiger partial charge in [0.25, 0.3) is 17.0 Å². The monoisotopic (exact) mass is 316 g/mol. The van der Waals surface area contributed by atoms with Crippen molar-refractivity contribution >= 4 is 11.8 Å². The van der Waals surface area contributed by atoms with Gasteiger partial charge in [-0.3, -0.25) is 0 Å². The van der Waals surface area contributed by atoms with Gasteiger partial charge in [-0.2, -0.15) is 0 Å². The van der Waals surface area contributed by atoms with Gasteiger partial charge in [-0.25, -0.2) is 0 Å². The lowest BCUT2D eigenvalue weighted by molar-refractivity contribution is 0.446. The summed E-state index contributed by atoms with van der Waals surface area (Å²) >= 11 is 1.29. The summed E-state index contributed by atoms with van der Waals surface area (Å²) < 4.78 is 21.3. The van der Waals surface area contributed by atoms with Crippen molar-refractivity contribution in [3.8, 4) is 23.3 Å². The van der Waals surface area contributed by atoms with Crippen LogP contribution in [0.5, 0.6) is 0 Å². The third-order valence-electron chi connectivity index (χ3n) is 2.66. The Morgan fingerprint density at radius 2 is 1.50 bits per heavy atom. The highest BCUT2D eigenvalue weighted by molar-refractivity contribution is 7.98. The maximum absolute atomic E-state index is 5.48. The summed E-state index contributed by atoms with van der Waals surface area (Å²) in [6, 6.07) is 7.00. The maximum Gasteiger partial charge on any atom is 0.284 e. The van der Waals surface area contributed by atoms with Crippen molar-refractivity contribution in [3.63, 3.8) is 0 Å². The smallest absolute Gasteiger partial charge is 0.284 e. The lowest BCUT2D eigenvalue weighted by Crippen LogP contribution is -1.80. The first kappa shape index (κ1) is 12.9. The summed E-state index contributed by atoms with van der Waals surface area (Å²) in [7, 11) is 0. The highest BCUT2D eigenvalue weighted by Crippen LogP contribution is 2.26. The van der Waals surface area contributed by atoms with Crippen LogP contribution in [0, 0.1) is 0 Å². The molecule has 0 aromatic carbocycles. The van der Waals surface area contributed by atoms with Crippen molar-refractivity contribution in [1.29, 1.82) is 0 Å². The number of thioether (sulfide) groups is 1. The predicted octanol–water partition coefficient (Wildman–Crippen LogP) is 3.26. The first-order valence-electron chi connectivity index (χ1n) is 6.25. The maximum atomic E-state index is 5.48. The van der Waals surface area contributed by atoms with Gasteiger partial charge in [-0.15, -0.1) is 20.4 Å². The Hall–Kier alpha value is -2.81. The minimum Gasteiger partial charge on any atom is -0.459 e. The molecule has 0 atom stereocenters. The summed E-state index contributed by atoms with van der Waals surface area (Å²) in [5, 5.41) is 16.1. The van der Waals surface area contributed by atoms with E-state index in [4.69, 9.17) is 17.7 Å². The zero-order valence-corrected chi connectivity index (χ0v) is 11.8. The minimum atomic E-state index is 0.328. The molecule has 0 unspecified atom stereocenters. The Kier molecular flexibility index (Phi) is 3.24. The average Bonchev–Trinajstić information content (AvgIpc) is 3.33. The van der Waals surface area contributed by atoms with Gasteiger partial charge in [0.05, 0.1) is 18.3 Å². The second kappa shape index (κ2) is 5.53. The first-order chi connectivity index (χ1) is 10.9. The average molecular weight is 316 g/mol. The van der Waals surface area contributed by atoms with Crippen molar-refractivity contribution in [2.75, 3.05) is 0 Å². The van der Waals surface area contributed by atoms with Crippen LogP contribution in [0.15, 0.2) is 59.7 Å². The van der Waals surface area contributed by atoms with Gasteiger partial charge in [0.2, 0.25) is 5.89 Å². The van der Waals surface area contributed by atoms with Crippen molar-refractivity contribution in [2.24, 2.45) is 0 Å². The van der Waals surface area contributed by atoms with E-state index in [1.54, 1.807) is 36.8 Å². The number of furan rings is 2. The minimum absolute atomic E-state index is 0.328. The van der Waals surface area contributed by atoms with Gasteiger partial charge in [0.1, 0.15) is 0 Å². The molecule has 0 radical (unpaired) electrons. The van der Waals surface area contributed by atoms with Gasteiger partial charge in [0.15, 0.2) is 11.5 Å². The molecule has 0 amide bonds. The quantitative estimate of drug-likeness (QED) is 0.513. The van der Waals surface area contributed by atoms with Crippen LogP contribution in [0.25, 0.3) is 23.3 Å². The van der Waals surface area contributed by atoms with Crippen LogP contribution >= 0.6 is 11.8 Å². The molecule has 4 aromatic heterocycles. The van der Waals surface area contributed by atoms with E-state index in [0.29, 0.717) is 40.2 Å². The molecule has 9 heteroatoms. The summed E-state index contributed by atoms with van der Waals surface area (Å²) in [4.78, 5) is 0. The second-order valence-corrected chi connectivity index (χ2v) is 5.04. The van der Waals surface area contributed by atoms with Crippen molar-refractivity contribution in [2.45, 2.75) is 11.0 Å². The van der Waals surface area contributed by atoms with E-state index < -0.39 is 0 Å². The predicted molar refractivity (Wildman–Crippen MR) is 73.6 cm³/mol. The zero-order valence-electron chi connectivity index (χ0n) is 11.0. The molecule has 0 fully saturated rings. The molecular weight excluding hydrogens is 308 g/mol. The van der Waals surface area contributed by atoms with Crippen LogP contribution < -0.4 is 0 Å². The molecule has 110 valence electrons. The Balaban J connectivity index is 1.43. The van der Waals surface area contributed by atoms with Crippen molar-refractivity contribution < 1.29 is 17.7 Å². The molecule has 0 saturated carbocycles. The van der Waals surface area contributed by atoms with Gasteiger partial charge in [0, 0.05) is 0 Å². The number of hydrogen-bond acceptors (Lipinski definition) is 9. The molecule has 4 rings (SSSR count). The van der Waals surface area contributed by atoms with Gasteiger partial charge in [-0.05, 0) is 24.3 Å². The third kappa shape index (κ3) is 2.53. The number of nitrogens with zero attached hydrogens (tertiary/aromatic N) is 4. The molecule has 0 bridgehead atoms. The molecule has 0 aliphatic carbocycles. The lowest BCUT2D eigenvalue weighted by atomic mass is 10.5. The van der Waals surface area contributed by atoms with Gasteiger partial charge < -0.3 is 17.7 Å². The Labute approximate surface area is 127 Å². The number of rotatable bonds is 5. The van der Waals surface area contributed by atoms with Gasteiger partial charge >= 0.3 is 0 Å². The summed E-state index contributed by atoms with van der Waals surface area (Å²) in [5.74, 6) is 2.57. The van der Waals surface area contributed by atoms with E-state index in [2.05, 4.69) is 20.4 Å². The van der Waals surface area contributed by atoms with E-state index in [0.717, 1.165) is 0 Å². The third-order valence-corrected chi connectivity index (χ3v) is 3.46. The van der Waals surface area contributed by atoms with E-state index >= 15 is 0 Å². The fourth-order valence-electron chi connectivity index (χ4n) is 1.70. The topological polar surface area (TPSA) is 104 Å². The van der Waals surface area contributed by atoms with Crippen LogP contribution in [-0.4, -0.2) is 20.4 Å². The molecule has 0 aliphatic rings. The largest absolute Gasteiger partial charge is 0.459 e. The van der Waals surface area contributed by atoms with Crippen LogP contribution in [0.4, 0.5) is 0 Å². The molecule has 22 heavy (non-hydrogen) atoms. The highest BCUT2D eigenvalue weighted by Gasteiger charge is 2.14. The molecular formula is C13H8N4O4S. The van der Waals surface area contributed by atoms with Crippen LogP contribution in [-0.2, 0) is 5.75 Å². The normalized spacial score (nSPS) is 11.1. The summed E-state index contributed by atoms with van der Waals surface area (Å²) in [6.07, 6.45) is 3.09. The molecule has 0 saturated heterocycles. The van der Waals surface area contributed by atoms with Crippen molar-refractivity contribution in [3.05, 3.63) is 42.7 Å². The number of aromatic nitrogens is 4. The molecule has 0 spiro atoms. The Morgan fingerprint density at radius 3 is 2.18 bits per heavy atom. The fourth-order valence-corrected chi connectivity index (χ4v) is 2.30. The van der Waals surface area contributed by atoms with Crippen LogP contribution in [0.3, 0.4) is 0 Å². The molecule has 4 aromatic rings. The Bertz CT molecular complexity index is 778. The summed E-state index contributed by atoms with van der Waals surface area (Å²) in [6.45, 7) is 0. The first-order valence-corrected chi connectivity index (χ1v) is 7.23. The summed E-state index contributed by atoms with van der Waals surface area (Å²) in [5.41, 5.74) is 0. The number of hydrogen-bond donors (Lipinski definition) is 0. The standard InChI is InChI=1S/C13H8N4O4S/c1-3-8(18-5-1)11-15-14-10(20-11)7-22-13-17-16-12(21-13)9-4-2-6-19-9/h1-6H,7H2. The molecule has 0 N–H and O–H groups in total. The van der Waals surface area contributed by atoms with E-state index in [1.807, 2.05) is 0 Å². The van der Waals surface area contributed by atoms with Crippen LogP contribution in [0.2, 0.25) is 0 Å². The van der Waals surface area contributed by atoms with E-state index in [9.17, 15) is 0 Å². The highest BCUT2D eigenvalue weighted by atomic mass is 32.2. The van der Waals surface area contributed by atoms with Gasteiger partial charge in [-0.1, -0.05) is 11.8 Å².